The zero-order chi connectivity index (χ0) is 16.7. The summed E-state index contributed by atoms with van der Waals surface area (Å²) < 4.78 is 0. The average Bonchev–Trinajstić information content (AvgIpc) is 2.59. The minimum atomic E-state index is 0. The highest BCUT2D eigenvalue weighted by Gasteiger charge is 2.48. The Morgan fingerprint density at radius 3 is 2.68 bits per heavy atom. The molecule has 2 aliphatic rings. The molecule has 1 aliphatic carbocycles. The summed E-state index contributed by atoms with van der Waals surface area (Å²) in [5.41, 5.74) is 4.44. The van der Waals surface area contributed by atoms with E-state index in [4.69, 9.17) is 0 Å². The topological polar surface area (TPSA) is 23.5 Å². The first-order valence-corrected chi connectivity index (χ1v) is 9.18. The molecule has 0 amide bonds. The Labute approximate surface area is 161 Å². The van der Waals surface area contributed by atoms with E-state index in [9.17, 15) is 5.11 Å². The highest BCUT2D eigenvalue weighted by Crippen LogP contribution is 2.49. The quantitative estimate of drug-likeness (QED) is 0.802. The number of rotatable bonds is 3. The lowest BCUT2D eigenvalue weighted by Gasteiger charge is -2.54. The summed E-state index contributed by atoms with van der Waals surface area (Å²) >= 11 is 0. The molecule has 1 saturated heterocycles. The van der Waals surface area contributed by atoms with Gasteiger partial charge in [-0.1, -0.05) is 50.2 Å². The third-order valence-corrected chi connectivity index (χ3v) is 6.64. The second-order valence-electron chi connectivity index (χ2n) is 7.84. The van der Waals surface area contributed by atoms with Crippen LogP contribution >= 0.6 is 17.0 Å². The maximum absolute atomic E-state index is 9.94. The largest absolute Gasteiger partial charge is 0.508 e. The van der Waals surface area contributed by atoms with Crippen LogP contribution in [0.4, 0.5) is 0 Å². The molecule has 2 aromatic rings. The number of likely N-dealkylation sites (tertiary alicyclic amines) is 1. The van der Waals surface area contributed by atoms with E-state index in [1.165, 1.54) is 23.1 Å². The monoisotopic (exact) mass is 401 g/mol. The van der Waals surface area contributed by atoms with Crippen molar-refractivity contribution in [2.24, 2.45) is 5.92 Å². The number of halogens is 1. The fraction of sp³-hybridized carbons (Fsp3) is 0.455. The van der Waals surface area contributed by atoms with Crippen LogP contribution < -0.4 is 0 Å². The molecule has 1 unspecified atom stereocenters. The molecule has 0 saturated carbocycles. The predicted octanol–water partition coefficient (Wildman–Crippen LogP) is 4.74. The van der Waals surface area contributed by atoms with Gasteiger partial charge < -0.3 is 5.11 Å². The molecule has 2 nitrogen and oxygen atoms in total. The molecular weight excluding hydrogens is 374 g/mol. The summed E-state index contributed by atoms with van der Waals surface area (Å²) in [5.74, 6) is 1.03. The molecule has 25 heavy (non-hydrogen) atoms. The van der Waals surface area contributed by atoms with Crippen LogP contribution in [-0.4, -0.2) is 29.1 Å². The van der Waals surface area contributed by atoms with E-state index in [-0.39, 0.29) is 22.4 Å². The first-order chi connectivity index (χ1) is 11.6. The second-order valence-corrected chi connectivity index (χ2v) is 7.84. The maximum Gasteiger partial charge on any atom is 0.115 e. The summed E-state index contributed by atoms with van der Waals surface area (Å²) in [6.07, 6.45) is 3.42. The molecule has 2 aromatic carbocycles. The van der Waals surface area contributed by atoms with Crippen molar-refractivity contribution in [3.8, 4) is 5.75 Å². The normalized spacial score (nSPS) is 28.1. The van der Waals surface area contributed by atoms with Crippen molar-refractivity contribution in [1.29, 1.82) is 0 Å². The van der Waals surface area contributed by atoms with Gasteiger partial charge in [-0.05, 0) is 66.0 Å². The van der Waals surface area contributed by atoms with E-state index in [1.54, 1.807) is 0 Å². The molecule has 2 bridgehead atoms. The number of phenolic OH excluding ortho intramolecular Hbond substituents is 1. The molecular formula is C22H28BrNO. The van der Waals surface area contributed by atoms with E-state index in [0.29, 0.717) is 17.7 Å². The van der Waals surface area contributed by atoms with Crippen molar-refractivity contribution in [3.63, 3.8) is 0 Å². The first-order valence-electron chi connectivity index (χ1n) is 9.18. The van der Waals surface area contributed by atoms with E-state index < -0.39 is 0 Å². The number of fused-ring (bicyclic) bond motifs is 4. The highest BCUT2D eigenvalue weighted by molar-refractivity contribution is 8.93. The van der Waals surface area contributed by atoms with Gasteiger partial charge in [0.15, 0.2) is 0 Å². The van der Waals surface area contributed by atoms with Gasteiger partial charge in [0.05, 0.1) is 0 Å². The molecule has 3 atom stereocenters. The summed E-state index contributed by atoms with van der Waals surface area (Å²) in [5, 5.41) is 9.94. The molecule has 0 aromatic heterocycles. The lowest BCUT2D eigenvalue weighted by atomic mass is 9.59. The number of phenols is 1. The molecule has 0 spiro atoms. The van der Waals surface area contributed by atoms with Crippen molar-refractivity contribution < 1.29 is 5.11 Å². The van der Waals surface area contributed by atoms with E-state index >= 15 is 0 Å². The molecule has 3 heteroatoms. The van der Waals surface area contributed by atoms with Gasteiger partial charge in [-0.3, -0.25) is 4.90 Å². The van der Waals surface area contributed by atoms with Gasteiger partial charge in [0, 0.05) is 12.6 Å². The number of aromatic hydroxyl groups is 1. The van der Waals surface area contributed by atoms with Crippen molar-refractivity contribution in [2.75, 3.05) is 13.1 Å². The van der Waals surface area contributed by atoms with Crippen molar-refractivity contribution in [1.82, 2.24) is 4.90 Å². The second kappa shape index (κ2) is 7.13. The number of nitrogens with zero attached hydrogens (tertiary/aromatic N) is 1. The smallest absolute Gasteiger partial charge is 0.115 e. The van der Waals surface area contributed by atoms with Crippen molar-refractivity contribution >= 4 is 17.0 Å². The van der Waals surface area contributed by atoms with Gasteiger partial charge in [-0.2, -0.15) is 0 Å². The summed E-state index contributed by atoms with van der Waals surface area (Å²) in [7, 11) is 0. The maximum atomic E-state index is 9.94. The zero-order valence-electron chi connectivity index (χ0n) is 15.1. The summed E-state index contributed by atoms with van der Waals surface area (Å²) in [4.78, 5) is 2.70. The van der Waals surface area contributed by atoms with Gasteiger partial charge in [0.1, 0.15) is 5.75 Å². The van der Waals surface area contributed by atoms with Gasteiger partial charge in [0.2, 0.25) is 0 Å². The van der Waals surface area contributed by atoms with Crippen LogP contribution in [-0.2, 0) is 18.3 Å². The third-order valence-electron chi connectivity index (χ3n) is 6.64. The highest BCUT2D eigenvalue weighted by atomic mass is 79.9. The van der Waals surface area contributed by atoms with Crippen LogP contribution in [0.1, 0.15) is 37.0 Å². The van der Waals surface area contributed by atoms with Crippen molar-refractivity contribution in [3.05, 3.63) is 65.2 Å². The number of hydrogen-bond acceptors (Lipinski definition) is 2. The van der Waals surface area contributed by atoms with Gasteiger partial charge in [0.25, 0.3) is 0 Å². The average molecular weight is 402 g/mol. The number of benzene rings is 2. The Kier molecular flexibility index (Phi) is 5.26. The standard InChI is InChI=1S/C22H27NO.BrH/c1-16-21-14-18-8-9-19(24)15-20(18)22(16,2)11-13-23(21)12-10-17-6-4-3-5-7-17;/h3-9,15-16,21,24H,10-14H2,1-2H3;1H/t16-,21?,22-;/m1./s1. The zero-order valence-corrected chi connectivity index (χ0v) is 16.8. The van der Waals surface area contributed by atoms with Crippen LogP contribution in [0, 0.1) is 5.92 Å². The summed E-state index contributed by atoms with van der Waals surface area (Å²) in [6.45, 7) is 7.11. The van der Waals surface area contributed by atoms with Crippen LogP contribution in [0.2, 0.25) is 0 Å². The van der Waals surface area contributed by atoms with Gasteiger partial charge >= 0.3 is 0 Å². The van der Waals surface area contributed by atoms with Crippen LogP contribution in [0.25, 0.3) is 0 Å². The first kappa shape index (κ1) is 18.5. The van der Waals surface area contributed by atoms with Gasteiger partial charge in [-0.25, -0.2) is 0 Å². The predicted molar refractivity (Wildman–Crippen MR) is 109 cm³/mol. The SMILES string of the molecule is Br.C[C@@H]1C2Cc3ccc(O)cc3[C@]1(C)CCN2CCc1ccccc1. The minimum absolute atomic E-state index is 0. The molecule has 1 heterocycles. The van der Waals surface area contributed by atoms with Crippen molar-refractivity contribution in [2.45, 2.75) is 44.6 Å². The Hall–Kier alpha value is -1.32. The fourth-order valence-electron chi connectivity index (χ4n) is 4.89. The molecule has 0 radical (unpaired) electrons. The third kappa shape index (κ3) is 3.24. The molecule has 4 rings (SSSR count). The summed E-state index contributed by atoms with van der Waals surface area (Å²) in [6, 6.07) is 17.4. The van der Waals surface area contributed by atoms with Crippen LogP contribution in [0.5, 0.6) is 5.75 Å². The van der Waals surface area contributed by atoms with Crippen LogP contribution in [0.15, 0.2) is 48.5 Å². The Morgan fingerprint density at radius 2 is 1.92 bits per heavy atom. The molecule has 1 N–H and O–H groups in total. The Morgan fingerprint density at radius 1 is 1.16 bits per heavy atom. The lowest BCUT2D eigenvalue weighted by molar-refractivity contribution is 0.0322. The minimum Gasteiger partial charge on any atom is -0.508 e. The number of hydrogen-bond donors (Lipinski definition) is 1. The molecule has 134 valence electrons. The fourth-order valence-corrected chi connectivity index (χ4v) is 4.89. The molecule has 1 fully saturated rings. The Balaban J connectivity index is 0.00000182. The van der Waals surface area contributed by atoms with Gasteiger partial charge in [-0.15, -0.1) is 17.0 Å². The number of piperidine rings is 1. The van der Waals surface area contributed by atoms with E-state index in [1.807, 2.05) is 12.1 Å². The van der Waals surface area contributed by atoms with Crippen LogP contribution in [0.3, 0.4) is 0 Å². The van der Waals surface area contributed by atoms with E-state index in [2.05, 4.69) is 55.1 Å². The van der Waals surface area contributed by atoms with E-state index in [0.717, 1.165) is 25.9 Å². The molecule has 1 aliphatic heterocycles. The Bertz CT molecular complexity index is 732. The lowest BCUT2D eigenvalue weighted by Crippen LogP contribution is -2.58.